The quantitative estimate of drug-likeness (QED) is 0.162. The molecule has 0 radical (unpaired) electrons. The summed E-state index contributed by atoms with van der Waals surface area (Å²) in [4.78, 5) is 0. The Balaban J connectivity index is 1.49. The molecule has 0 atom stereocenters. The summed E-state index contributed by atoms with van der Waals surface area (Å²) in [6.07, 6.45) is 8.39. The minimum absolute atomic E-state index is 0.418. The minimum atomic E-state index is -0.418. The van der Waals surface area contributed by atoms with E-state index in [4.69, 9.17) is 11.0 Å². The van der Waals surface area contributed by atoms with E-state index >= 15 is 0 Å². The molecule has 0 amide bonds. The number of nitriles is 1. The lowest BCUT2D eigenvalue weighted by Crippen LogP contribution is -2.28. The van der Waals surface area contributed by atoms with Crippen LogP contribution in [0.5, 0.6) is 0 Å². The highest BCUT2D eigenvalue weighted by molar-refractivity contribution is 6.04. The molecule has 6 rings (SSSR count). The van der Waals surface area contributed by atoms with Crippen LogP contribution in [0.1, 0.15) is 34.7 Å². The van der Waals surface area contributed by atoms with Crippen molar-refractivity contribution in [2.45, 2.75) is 18.8 Å². The molecule has 0 saturated heterocycles. The maximum absolute atomic E-state index is 9.02. The van der Waals surface area contributed by atoms with Crippen LogP contribution in [0.2, 0.25) is 0 Å². The molecule has 1 aliphatic rings. The minimum Gasteiger partial charge on any atom is -0.398 e. The van der Waals surface area contributed by atoms with Crippen LogP contribution in [0.15, 0.2) is 163 Å². The number of hydrogen-bond donors (Lipinski definition) is 1. The fourth-order valence-electron chi connectivity index (χ4n) is 6.30. The summed E-state index contributed by atoms with van der Waals surface area (Å²) < 4.78 is 0. The van der Waals surface area contributed by atoms with Crippen molar-refractivity contribution in [3.63, 3.8) is 0 Å². The molecule has 5 aromatic rings. The van der Waals surface area contributed by atoms with Crippen LogP contribution in [0.25, 0.3) is 21.9 Å². The first-order valence-corrected chi connectivity index (χ1v) is 14.2. The Bertz CT molecular complexity index is 1890. The smallest absolute Gasteiger partial charge is 0.0944 e. The van der Waals surface area contributed by atoms with Gasteiger partial charge >= 0.3 is 0 Å². The van der Waals surface area contributed by atoms with Crippen molar-refractivity contribution in [1.82, 2.24) is 0 Å². The molecule has 0 fully saturated rings. The van der Waals surface area contributed by atoms with Gasteiger partial charge in [-0.15, -0.1) is 0 Å². The van der Waals surface area contributed by atoms with E-state index in [-0.39, 0.29) is 0 Å². The van der Waals surface area contributed by atoms with Gasteiger partial charge in [0.05, 0.1) is 11.5 Å². The van der Waals surface area contributed by atoms with Gasteiger partial charge < -0.3 is 5.73 Å². The molecule has 0 saturated carbocycles. The van der Waals surface area contributed by atoms with E-state index in [1.165, 1.54) is 49.7 Å². The van der Waals surface area contributed by atoms with Gasteiger partial charge in [0.2, 0.25) is 0 Å². The Kier molecular flexibility index (Phi) is 7.17. The van der Waals surface area contributed by atoms with Crippen molar-refractivity contribution in [2.24, 2.45) is 5.73 Å². The summed E-state index contributed by atoms with van der Waals surface area (Å²) >= 11 is 0. The summed E-state index contributed by atoms with van der Waals surface area (Å²) in [5, 5.41) is 11.5. The lowest BCUT2D eigenvalue weighted by Gasteiger charge is -2.34. The predicted molar refractivity (Wildman–Crippen MR) is 175 cm³/mol. The van der Waals surface area contributed by atoms with E-state index in [0.717, 1.165) is 6.42 Å². The second kappa shape index (κ2) is 11.2. The highest BCUT2D eigenvalue weighted by Gasteiger charge is 2.46. The van der Waals surface area contributed by atoms with E-state index < -0.39 is 5.41 Å². The number of nitrogens with zero attached hydrogens (tertiary/aromatic N) is 1. The molecule has 0 aliphatic heterocycles. The molecule has 0 spiro atoms. The Morgan fingerprint density at radius 1 is 0.833 bits per heavy atom. The molecule has 2 N–H and O–H groups in total. The van der Waals surface area contributed by atoms with Gasteiger partial charge in [-0.2, -0.15) is 5.26 Å². The number of rotatable bonds is 7. The number of nitrogens with two attached hydrogens (primary N) is 1. The Morgan fingerprint density at radius 3 is 2.17 bits per heavy atom. The fourth-order valence-corrected chi connectivity index (χ4v) is 6.30. The molecule has 202 valence electrons. The first-order chi connectivity index (χ1) is 20.5. The third-order valence-corrected chi connectivity index (χ3v) is 8.21. The summed E-state index contributed by atoms with van der Waals surface area (Å²) in [6, 6.07) is 44.1. The van der Waals surface area contributed by atoms with Gasteiger partial charge in [0.15, 0.2) is 0 Å². The Hall–Kier alpha value is -5.39. The molecule has 0 bridgehead atoms. The summed E-state index contributed by atoms with van der Waals surface area (Å²) in [5.41, 5.74) is 16.5. The van der Waals surface area contributed by atoms with Crippen molar-refractivity contribution in [3.8, 4) is 17.2 Å². The molecule has 2 heteroatoms. The maximum Gasteiger partial charge on any atom is 0.0944 e. The van der Waals surface area contributed by atoms with E-state index in [9.17, 15) is 0 Å². The molecule has 0 aromatic heterocycles. The topological polar surface area (TPSA) is 49.8 Å². The second-order valence-electron chi connectivity index (χ2n) is 10.8. The van der Waals surface area contributed by atoms with Gasteiger partial charge in [0.25, 0.3) is 0 Å². The largest absolute Gasteiger partial charge is 0.398 e. The van der Waals surface area contributed by atoms with Gasteiger partial charge in [-0.25, -0.2) is 0 Å². The van der Waals surface area contributed by atoms with Crippen molar-refractivity contribution in [2.75, 3.05) is 0 Å². The van der Waals surface area contributed by atoms with Crippen LogP contribution in [-0.4, -0.2) is 0 Å². The zero-order chi connectivity index (χ0) is 29.1. The highest BCUT2D eigenvalue weighted by Crippen LogP contribution is 2.57. The highest BCUT2D eigenvalue weighted by atomic mass is 14.6. The zero-order valence-electron chi connectivity index (χ0n) is 23.7. The summed E-state index contributed by atoms with van der Waals surface area (Å²) in [5.74, 6) is 0. The number of fused-ring (bicyclic) bond motifs is 5. The van der Waals surface area contributed by atoms with Crippen LogP contribution < -0.4 is 5.73 Å². The molecule has 1 aliphatic carbocycles. The average molecular weight is 541 g/mol. The number of allylic oxidation sites excluding steroid dienone is 5. The van der Waals surface area contributed by atoms with Crippen molar-refractivity contribution >= 4 is 10.8 Å². The normalized spacial score (nSPS) is 14.0. The van der Waals surface area contributed by atoms with E-state index in [0.29, 0.717) is 16.8 Å². The monoisotopic (exact) mass is 540 g/mol. The van der Waals surface area contributed by atoms with Crippen LogP contribution in [0, 0.1) is 11.3 Å². The van der Waals surface area contributed by atoms with Crippen molar-refractivity contribution < 1.29 is 0 Å². The summed E-state index contributed by atoms with van der Waals surface area (Å²) in [7, 11) is 0. The zero-order valence-corrected chi connectivity index (χ0v) is 23.7. The second-order valence-corrected chi connectivity index (χ2v) is 10.8. The van der Waals surface area contributed by atoms with Crippen LogP contribution in [0.4, 0.5) is 0 Å². The Labute approximate surface area is 248 Å². The fraction of sp³-hybridized carbons (Fsp3) is 0.0750. The Morgan fingerprint density at radius 2 is 1.48 bits per heavy atom. The van der Waals surface area contributed by atoms with Gasteiger partial charge in [0.1, 0.15) is 0 Å². The van der Waals surface area contributed by atoms with Crippen LogP contribution in [-0.2, 0) is 11.8 Å². The number of hydrogen-bond acceptors (Lipinski definition) is 2. The summed E-state index contributed by atoms with van der Waals surface area (Å²) in [6.45, 7) is 5.72. The van der Waals surface area contributed by atoms with E-state index in [1.807, 2.05) is 12.2 Å². The first-order valence-electron chi connectivity index (χ1n) is 14.2. The molecule has 0 heterocycles. The van der Waals surface area contributed by atoms with Crippen molar-refractivity contribution in [1.29, 1.82) is 5.26 Å². The average Bonchev–Trinajstić information content (AvgIpc) is 3.34. The van der Waals surface area contributed by atoms with Crippen LogP contribution >= 0.6 is 0 Å². The molecular formula is C40H32N2. The third-order valence-electron chi connectivity index (χ3n) is 8.21. The number of benzene rings is 5. The lowest BCUT2D eigenvalue weighted by molar-refractivity contribution is 0.768. The molecular weight excluding hydrogens is 508 g/mol. The lowest BCUT2D eigenvalue weighted by atomic mass is 9.67. The van der Waals surface area contributed by atoms with Crippen molar-refractivity contribution in [3.05, 3.63) is 191 Å². The predicted octanol–water partition coefficient (Wildman–Crippen LogP) is 9.17. The first kappa shape index (κ1) is 26.8. The van der Waals surface area contributed by atoms with Gasteiger partial charge in [-0.3, -0.25) is 0 Å². The molecule has 2 nitrogen and oxygen atoms in total. The van der Waals surface area contributed by atoms with E-state index in [1.54, 1.807) is 13.0 Å². The standard InChI is InChI=1S/C40H32N2/c1-28(27-41)25-29(2)38(42)20-12-9-13-30-21-23-36-35(26-30)39-34-19-11-10-14-31(34)22-24-37(39)40(36,32-15-5-3-6-16-32)33-17-7-4-8-18-33/h3-12,14-26H,2,13,42H2,1H3/b12-9-,28-25+,38-20-. The molecule has 42 heavy (non-hydrogen) atoms. The SMILES string of the molecule is C=C(/C=C(\C)C#N)/C(N)=C/C=C\Cc1ccc2c(c1)-c1c(ccc3ccccc13)C2(c1ccccc1)c1ccccc1. The third kappa shape index (κ3) is 4.56. The molecule has 0 unspecified atom stereocenters. The van der Waals surface area contributed by atoms with E-state index in [2.05, 4.69) is 134 Å². The van der Waals surface area contributed by atoms with Gasteiger partial charge in [0, 0.05) is 11.3 Å². The van der Waals surface area contributed by atoms with Gasteiger partial charge in [-0.1, -0.05) is 134 Å². The van der Waals surface area contributed by atoms with Gasteiger partial charge in [-0.05, 0) is 80.8 Å². The maximum atomic E-state index is 9.02. The van der Waals surface area contributed by atoms with Crippen LogP contribution in [0.3, 0.4) is 0 Å². The molecule has 5 aromatic carbocycles.